The summed E-state index contributed by atoms with van der Waals surface area (Å²) in [6.45, 7) is 2.94. The Balaban J connectivity index is 1.08. The molecule has 0 radical (unpaired) electrons. The van der Waals surface area contributed by atoms with Crippen LogP contribution in [0.15, 0.2) is 47.8 Å². The van der Waals surface area contributed by atoms with E-state index >= 15 is 0 Å². The molecule has 3 heterocycles. The van der Waals surface area contributed by atoms with Gasteiger partial charge in [0.1, 0.15) is 29.6 Å². The fourth-order valence-electron chi connectivity index (χ4n) is 5.90. The Labute approximate surface area is 249 Å². The first-order valence-corrected chi connectivity index (χ1v) is 15.9. The summed E-state index contributed by atoms with van der Waals surface area (Å²) in [5, 5.41) is 18.9. The first-order chi connectivity index (χ1) is 20.7. The lowest BCUT2D eigenvalue weighted by Crippen LogP contribution is -2.36. The molecule has 1 aliphatic heterocycles. The molecule has 0 saturated heterocycles. The zero-order valence-corrected chi connectivity index (χ0v) is 24.6. The number of carbonyl (C=O) groups excluding carboxylic acids is 1. The molecule has 2 N–H and O–H groups in total. The van der Waals surface area contributed by atoms with E-state index in [1.165, 1.54) is 42.5 Å². The van der Waals surface area contributed by atoms with Crippen molar-refractivity contribution in [3.63, 3.8) is 0 Å². The van der Waals surface area contributed by atoms with Crippen LogP contribution in [-0.4, -0.2) is 48.5 Å². The Morgan fingerprint density at radius 1 is 1.00 bits per heavy atom. The Hall–Kier alpha value is -3.40. The van der Waals surface area contributed by atoms with Crippen LogP contribution in [0, 0.1) is 5.82 Å². The van der Waals surface area contributed by atoms with Crippen LogP contribution < -0.4 is 15.4 Å². The number of thiophene rings is 1. The van der Waals surface area contributed by atoms with Gasteiger partial charge in [0.2, 0.25) is 5.91 Å². The molecule has 2 aliphatic rings. The molecule has 1 fully saturated rings. The molecular weight excluding hydrogens is 551 g/mol. The molecule has 0 unspecified atom stereocenters. The zero-order valence-electron chi connectivity index (χ0n) is 23.8. The van der Waals surface area contributed by atoms with Gasteiger partial charge in [0.25, 0.3) is 0 Å². The molecule has 0 atom stereocenters. The van der Waals surface area contributed by atoms with Gasteiger partial charge in [-0.15, -0.1) is 21.5 Å². The van der Waals surface area contributed by atoms with Crippen molar-refractivity contribution < 1.29 is 18.7 Å². The molecular formula is C33H37FN4O3S. The lowest BCUT2D eigenvalue weighted by Gasteiger charge is -2.22. The number of carbonyl (C=O) groups is 1. The summed E-state index contributed by atoms with van der Waals surface area (Å²) in [6, 6.07) is 13.4. The number of benzene rings is 2. The number of fused-ring (bicyclic) bond motifs is 2. The molecule has 1 amide bonds. The lowest BCUT2D eigenvalue weighted by atomic mass is 9.95. The highest BCUT2D eigenvalue weighted by atomic mass is 32.1. The average Bonchev–Trinajstić information content (AvgIpc) is 3.51. The second-order valence-electron chi connectivity index (χ2n) is 11.1. The number of nitrogens with one attached hydrogen (secondary N) is 2. The smallest absolute Gasteiger partial charge is 0.220 e. The number of rotatable bonds is 11. The molecule has 9 heteroatoms. The third kappa shape index (κ3) is 6.80. The predicted molar refractivity (Wildman–Crippen MR) is 164 cm³/mol. The second kappa shape index (κ2) is 13.7. The fraction of sp³-hybridized carbons (Fsp3) is 0.424. The van der Waals surface area contributed by atoms with Gasteiger partial charge in [0, 0.05) is 48.2 Å². The van der Waals surface area contributed by atoms with Crippen LogP contribution in [0.3, 0.4) is 0 Å². The van der Waals surface area contributed by atoms with Crippen molar-refractivity contribution >= 4 is 27.3 Å². The number of ether oxygens (including phenoxy) is 2. The van der Waals surface area contributed by atoms with Crippen LogP contribution in [0.5, 0.6) is 5.75 Å². The van der Waals surface area contributed by atoms with E-state index in [-0.39, 0.29) is 18.3 Å². The maximum Gasteiger partial charge on any atom is 0.220 e. The van der Waals surface area contributed by atoms with Gasteiger partial charge in [-0.05, 0) is 73.0 Å². The van der Waals surface area contributed by atoms with Crippen molar-refractivity contribution in [2.75, 3.05) is 26.4 Å². The molecule has 2 aromatic heterocycles. The van der Waals surface area contributed by atoms with E-state index in [4.69, 9.17) is 9.47 Å². The van der Waals surface area contributed by atoms with Crippen LogP contribution >= 0.6 is 11.3 Å². The Bertz CT molecular complexity index is 1540. The molecule has 7 nitrogen and oxygen atoms in total. The van der Waals surface area contributed by atoms with Crippen molar-refractivity contribution in [2.45, 2.75) is 64.0 Å². The molecule has 42 heavy (non-hydrogen) atoms. The van der Waals surface area contributed by atoms with Gasteiger partial charge in [-0.2, -0.15) is 0 Å². The second-order valence-corrected chi connectivity index (χ2v) is 12.0. The minimum absolute atomic E-state index is 0.0992. The number of hydrogen-bond acceptors (Lipinski definition) is 7. The third-order valence-electron chi connectivity index (χ3n) is 8.10. The van der Waals surface area contributed by atoms with Crippen LogP contribution in [0.2, 0.25) is 0 Å². The van der Waals surface area contributed by atoms with Crippen molar-refractivity contribution in [2.24, 2.45) is 0 Å². The molecule has 220 valence electrons. The van der Waals surface area contributed by atoms with Crippen molar-refractivity contribution in [3.05, 3.63) is 64.8 Å². The van der Waals surface area contributed by atoms with Crippen LogP contribution in [0.4, 0.5) is 4.39 Å². The summed E-state index contributed by atoms with van der Waals surface area (Å²) in [5.74, 6) is 0.125. The largest absolute Gasteiger partial charge is 0.490 e. The molecule has 1 saturated carbocycles. The number of nitrogens with zero attached hydrogens (tertiary/aromatic N) is 2. The van der Waals surface area contributed by atoms with E-state index in [9.17, 15) is 9.18 Å². The van der Waals surface area contributed by atoms with Crippen molar-refractivity contribution in [1.29, 1.82) is 0 Å². The van der Waals surface area contributed by atoms with E-state index in [2.05, 4.69) is 45.1 Å². The number of halogens is 1. The highest BCUT2D eigenvalue weighted by Crippen LogP contribution is 2.39. The summed E-state index contributed by atoms with van der Waals surface area (Å²) >= 11 is 1.59. The monoisotopic (exact) mass is 588 g/mol. The standard InChI is InChI=1S/C33H37FN4O3S/c34-25-10-11-27(29(20-25)41-17-16-40-15-4-7-30(39)36-26-5-2-1-3-6-26)32-33-28(13-18-42-33)31(37-38-32)23-8-9-24-21-35-14-12-22(24)19-23/h8-11,13,18-20,26,35H,1-7,12,14-17,21H2,(H,36,39). The number of aromatic nitrogens is 2. The summed E-state index contributed by atoms with van der Waals surface area (Å²) in [4.78, 5) is 12.2. The van der Waals surface area contributed by atoms with E-state index in [1.807, 2.05) is 5.38 Å². The van der Waals surface area contributed by atoms with Gasteiger partial charge in [-0.25, -0.2) is 4.39 Å². The summed E-state index contributed by atoms with van der Waals surface area (Å²) < 4.78 is 27.0. The first kappa shape index (κ1) is 28.7. The minimum Gasteiger partial charge on any atom is -0.490 e. The quantitative estimate of drug-likeness (QED) is 0.196. The number of hydrogen-bond donors (Lipinski definition) is 2. The highest BCUT2D eigenvalue weighted by Gasteiger charge is 2.19. The SMILES string of the molecule is O=C(CCCOCCOc1cc(F)ccc1-c1nnc(-c2ccc3c(c2)CCNC3)c2ccsc12)NC1CCCCC1. The van der Waals surface area contributed by atoms with Gasteiger partial charge in [0.15, 0.2) is 0 Å². The Morgan fingerprint density at radius 3 is 2.79 bits per heavy atom. The summed E-state index contributed by atoms with van der Waals surface area (Å²) in [7, 11) is 0. The van der Waals surface area contributed by atoms with Gasteiger partial charge in [-0.3, -0.25) is 4.79 Å². The van der Waals surface area contributed by atoms with Gasteiger partial charge in [0.05, 0.1) is 11.3 Å². The highest BCUT2D eigenvalue weighted by molar-refractivity contribution is 7.17. The first-order valence-electron chi connectivity index (χ1n) is 15.0. The van der Waals surface area contributed by atoms with E-state index in [1.54, 1.807) is 17.4 Å². The van der Waals surface area contributed by atoms with Crippen LogP contribution in [0.1, 0.15) is 56.1 Å². The Kier molecular flexibility index (Phi) is 9.37. The molecule has 0 bridgehead atoms. The van der Waals surface area contributed by atoms with Crippen molar-refractivity contribution in [3.8, 4) is 28.3 Å². The normalized spacial score (nSPS) is 15.5. The predicted octanol–water partition coefficient (Wildman–Crippen LogP) is 6.43. The summed E-state index contributed by atoms with van der Waals surface area (Å²) in [6.07, 6.45) is 7.95. The molecule has 1 aliphatic carbocycles. The van der Waals surface area contributed by atoms with Crippen molar-refractivity contribution in [1.82, 2.24) is 20.8 Å². The Morgan fingerprint density at radius 2 is 1.88 bits per heavy atom. The maximum absolute atomic E-state index is 14.3. The maximum atomic E-state index is 14.3. The van der Waals surface area contributed by atoms with Gasteiger partial charge >= 0.3 is 0 Å². The molecule has 0 spiro atoms. The van der Waals surface area contributed by atoms with Crippen LogP contribution in [-0.2, 0) is 22.5 Å². The fourth-order valence-corrected chi connectivity index (χ4v) is 6.79. The number of amides is 1. The van der Waals surface area contributed by atoms with Crippen LogP contribution in [0.25, 0.3) is 32.6 Å². The molecule has 4 aromatic rings. The van der Waals surface area contributed by atoms with E-state index in [0.717, 1.165) is 53.7 Å². The zero-order chi connectivity index (χ0) is 28.7. The van der Waals surface area contributed by atoms with E-state index in [0.29, 0.717) is 49.1 Å². The van der Waals surface area contributed by atoms with Gasteiger partial charge < -0.3 is 20.1 Å². The topological polar surface area (TPSA) is 85.4 Å². The van der Waals surface area contributed by atoms with Gasteiger partial charge in [-0.1, -0.05) is 31.4 Å². The third-order valence-corrected chi connectivity index (χ3v) is 9.02. The average molecular weight is 589 g/mol. The summed E-state index contributed by atoms with van der Waals surface area (Å²) in [5.41, 5.74) is 5.94. The molecule has 2 aromatic carbocycles. The molecule has 6 rings (SSSR count). The minimum atomic E-state index is -0.380. The van der Waals surface area contributed by atoms with E-state index < -0.39 is 0 Å². The lowest BCUT2D eigenvalue weighted by molar-refractivity contribution is -0.122.